The van der Waals surface area contributed by atoms with Gasteiger partial charge in [-0.1, -0.05) is 18.2 Å². The lowest BCUT2D eigenvalue weighted by atomic mass is 10.1. The highest BCUT2D eigenvalue weighted by molar-refractivity contribution is 7.18. The van der Waals surface area contributed by atoms with Crippen molar-refractivity contribution in [1.29, 1.82) is 0 Å². The number of aryl methyl sites for hydroxylation is 2. The Morgan fingerprint density at radius 1 is 1.20 bits per heavy atom. The topological polar surface area (TPSA) is 45.2 Å². The molecule has 1 N–H and O–H groups in total. The molecule has 1 saturated heterocycles. The van der Waals surface area contributed by atoms with Crippen LogP contribution in [0.15, 0.2) is 42.5 Å². The number of aromatic nitrogens is 1. The highest BCUT2D eigenvalue weighted by Crippen LogP contribution is 2.36. The Hall–Kier alpha value is -2.40. The lowest BCUT2D eigenvalue weighted by Crippen LogP contribution is -2.34. The number of para-hydroxylation sites is 1. The van der Waals surface area contributed by atoms with Crippen molar-refractivity contribution in [1.82, 2.24) is 9.88 Å². The zero-order chi connectivity index (χ0) is 17.4. The van der Waals surface area contributed by atoms with E-state index in [0.717, 1.165) is 46.7 Å². The summed E-state index contributed by atoms with van der Waals surface area (Å²) in [5.74, 6) is 0. The molecule has 25 heavy (non-hydrogen) atoms. The van der Waals surface area contributed by atoms with Crippen LogP contribution in [-0.2, 0) is 0 Å². The first-order valence-electron chi connectivity index (χ1n) is 8.61. The zero-order valence-corrected chi connectivity index (χ0v) is 15.3. The Kier molecular flexibility index (Phi) is 4.17. The van der Waals surface area contributed by atoms with E-state index in [1.54, 1.807) is 11.3 Å². The first-order chi connectivity index (χ1) is 12.1. The molecule has 3 aromatic rings. The Morgan fingerprint density at radius 2 is 1.96 bits per heavy atom. The third-order valence-corrected chi connectivity index (χ3v) is 5.72. The first-order valence-corrected chi connectivity index (χ1v) is 9.43. The van der Waals surface area contributed by atoms with Crippen LogP contribution < -0.4 is 5.32 Å². The largest absolute Gasteiger partial charge is 0.322 e. The van der Waals surface area contributed by atoms with Gasteiger partial charge in [0.2, 0.25) is 0 Å². The molecule has 1 atom stereocenters. The average Bonchev–Trinajstić information content (AvgIpc) is 3.20. The molecule has 0 radical (unpaired) electrons. The molecule has 2 heterocycles. The van der Waals surface area contributed by atoms with Gasteiger partial charge >= 0.3 is 6.03 Å². The zero-order valence-electron chi connectivity index (χ0n) is 14.5. The SMILES string of the molecule is Cc1cc(C)cc(NC(=O)N2CCCC2c2nc3ccccc3s2)c1. The number of anilines is 1. The third-order valence-electron chi connectivity index (χ3n) is 4.58. The molecule has 0 bridgehead atoms. The summed E-state index contributed by atoms with van der Waals surface area (Å²) in [6, 6.07) is 14.3. The van der Waals surface area contributed by atoms with Gasteiger partial charge in [0.05, 0.1) is 16.3 Å². The van der Waals surface area contributed by atoms with Gasteiger partial charge in [-0.25, -0.2) is 9.78 Å². The van der Waals surface area contributed by atoms with E-state index in [9.17, 15) is 4.79 Å². The van der Waals surface area contributed by atoms with Crippen molar-refractivity contribution in [2.24, 2.45) is 0 Å². The Morgan fingerprint density at radius 3 is 2.72 bits per heavy atom. The van der Waals surface area contributed by atoms with Crippen LogP contribution in [0, 0.1) is 13.8 Å². The van der Waals surface area contributed by atoms with Crippen molar-refractivity contribution >= 4 is 33.3 Å². The summed E-state index contributed by atoms with van der Waals surface area (Å²) in [4.78, 5) is 19.5. The van der Waals surface area contributed by atoms with Gasteiger partial charge < -0.3 is 10.2 Å². The van der Waals surface area contributed by atoms with E-state index < -0.39 is 0 Å². The number of hydrogen-bond donors (Lipinski definition) is 1. The average molecular weight is 351 g/mol. The van der Waals surface area contributed by atoms with E-state index in [-0.39, 0.29) is 12.1 Å². The summed E-state index contributed by atoms with van der Waals surface area (Å²) in [6.07, 6.45) is 1.99. The summed E-state index contributed by atoms with van der Waals surface area (Å²) < 4.78 is 1.18. The third kappa shape index (κ3) is 3.24. The normalized spacial score (nSPS) is 17.2. The maximum atomic E-state index is 12.8. The molecule has 1 aliphatic rings. The lowest BCUT2D eigenvalue weighted by molar-refractivity contribution is 0.207. The molecule has 2 amide bonds. The number of benzene rings is 2. The van der Waals surface area contributed by atoms with Gasteiger partial charge in [-0.15, -0.1) is 11.3 Å². The van der Waals surface area contributed by atoms with Gasteiger partial charge in [0.25, 0.3) is 0 Å². The van der Waals surface area contributed by atoms with Crippen LogP contribution in [0.2, 0.25) is 0 Å². The van der Waals surface area contributed by atoms with Crippen molar-refractivity contribution in [2.75, 3.05) is 11.9 Å². The van der Waals surface area contributed by atoms with E-state index >= 15 is 0 Å². The van der Waals surface area contributed by atoms with Gasteiger partial charge in [0, 0.05) is 12.2 Å². The quantitative estimate of drug-likeness (QED) is 0.682. The maximum Gasteiger partial charge on any atom is 0.322 e. The molecule has 4 nitrogen and oxygen atoms in total. The second kappa shape index (κ2) is 6.48. The summed E-state index contributed by atoms with van der Waals surface area (Å²) >= 11 is 1.69. The van der Waals surface area contributed by atoms with Gasteiger partial charge in [0.1, 0.15) is 5.01 Å². The monoisotopic (exact) mass is 351 g/mol. The Balaban J connectivity index is 1.57. The molecule has 0 spiro atoms. The van der Waals surface area contributed by atoms with Gasteiger partial charge in [-0.05, 0) is 62.1 Å². The van der Waals surface area contributed by atoms with Gasteiger partial charge in [-0.2, -0.15) is 0 Å². The molecule has 2 aromatic carbocycles. The fraction of sp³-hybridized carbons (Fsp3) is 0.300. The molecular formula is C20H21N3OS. The minimum absolute atomic E-state index is 0.0354. The van der Waals surface area contributed by atoms with E-state index in [1.165, 1.54) is 4.70 Å². The highest BCUT2D eigenvalue weighted by atomic mass is 32.1. The fourth-order valence-electron chi connectivity index (χ4n) is 3.54. The number of rotatable bonds is 2. The molecular weight excluding hydrogens is 330 g/mol. The Labute approximate surface area is 151 Å². The minimum Gasteiger partial charge on any atom is -0.315 e. The van der Waals surface area contributed by atoms with Crippen LogP contribution in [0.1, 0.15) is 35.0 Å². The number of amides is 2. The van der Waals surface area contributed by atoms with E-state index in [4.69, 9.17) is 4.98 Å². The van der Waals surface area contributed by atoms with E-state index in [2.05, 4.69) is 17.4 Å². The maximum absolute atomic E-state index is 12.8. The van der Waals surface area contributed by atoms with Crippen LogP contribution >= 0.6 is 11.3 Å². The van der Waals surface area contributed by atoms with Crippen LogP contribution in [0.4, 0.5) is 10.5 Å². The van der Waals surface area contributed by atoms with Gasteiger partial charge in [0.15, 0.2) is 0 Å². The summed E-state index contributed by atoms with van der Waals surface area (Å²) in [7, 11) is 0. The van der Waals surface area contributed by atoms with Crippen molar-refractivity contribution in [3.8, 4) is 0 Å². The minimum atomic E-state index is -0.0354. The standard InChI is InChI=1S/C20H21N3OS/c1-13-10-14(2)12-15(11-13)21-20(24)23-9-5-7-17(23)19-22-16-6-3-4-8-18(16)25-19/h3-4,6,8,10-12,17H,5,7,9H2,1-2H3,(H,21,24). The number of carbonyl (C=O) groups excluding carboxylic acids is 1. The summed E-state index contributed by atoms with van der Waals surface area (Å²) in [5, 5.41) is 4.10. The number of carbonyl (C=O) groups is 1. The number of nitrogens with zero attached hydrogens (tertiary/aromatic N) is 2. The molecule has 1 aliphatic heterocycles. The second-order valence-corrected chi connectivity index (χ2v) is 7.74. The number of likely N-dealkylation sites (tertiary alicyclic amines) is 1. The van der Waals surface area contributed by atoms with Gasteiger partial charge in [-0.3, -0.25) is 0 Å². The molecule has 4 rings (SSSR count). The first kappa shape index (κ1) is 16.1. The van der Waals surface area contributed by atoms with Crippen LogP contribution in [-0.4, -0.2) is 22.5 Å². The van der Waals surface area contributed by atoms with Crippen molar-refractivity contribution in [3.63, 3.8) is 0 Å². The van der Waals surface area contributed by atoms with Crippen LogP contribution in [0.3, 0.4) is 0 Å². The lowest BCUT2D eigenvalue weighted by Gasteiger charge is -2.23. The molecule has 0 aliphatic carbocycles. The molecule has 128 valence electrons. The molecule has 1 aromatic heterocycles. The smallest absolute Gasteiger partial charge is 0.315 e. The Bertz CT molecular complexity index is 880. The van der Waals surface area contributed by atoms with E-state index in [1.807, 2.05) is 49.1 Å². The molecule has 5 heteroatoms. The number of fused-ring (bicyclic) bond motifs is 1. The highest BCUT2D eigenvalue weighted by Gasteiger charge is 2.32. The molecule has 0 saturated carbocycles. The molecule has 1 fully saturated rings. The predicted molar refractivity (Wildman–Crippen MR) is 103 cm³/mol. The van der Waals surface area contributed by atoms with Crippen molar-refractivity contribution < 1.29 is 4.79 Å². The van der Waals surface area contributed by atoms with Crippen molar-refractivity contribution in [2.45, 2.75) is 32.7 Å². The summed E-state index contributed by atoms with van der Waals surface area (Å²) in [5.41, 5.74) is 4.18. The number of thiazole rings is 1. The number of urea groups is 1. The molecule has 1 unspecified atom stereocenters. The van der Waals surface area contributed by atoms with Crippen molar-refractivity contribution in [3.05, 3.63) is 58.6 Å². The number of nitrogens with one attached hydrogen (secondary N) is 1. The second-order valence-electron chi connectivity index (χ2n) is 6.68. The van der Waals surface area contributed by atoms with Crippen LogP contribution in [0.5, 0.6) is 0 Å². The van der Waals surface area contributed by atoms with E-state index in [0.29, 0.717) is 0 Å². The number of hydrogen-bond acceptors (Lipinski definition) is 3. The fourth-order valence-corrected chi connectivity index (χ4v) is 4.66. The predicted octanol–water partition coefficient (Wildman–Crippen LogP) is 5.28. The summed E-state index contributed by atoms with van der Waals surface area (Å²) in [6.45, 7) is 4.86. The van der Waals surface area contributed by atoms with Crippen LogP contribution in [0.25, 0.3) is 10.2 Å².